The molecule has 0 aromatic heterocycles. The predicted octanol–water partition coefficient (Wildman–Crippen LogP) is 3.15. The quantitative estimate of drug-likeness (QED) is 0.678. The van der Waals surface area contributed by atoms with E-state index in [2.05, 4.69) is 20.8 Å². The van der Waals surface area contributed by atoms with E-state index in [-0.39, 0.29) is 0 Å². The van der Waals surface area contributed by atoms with Crippen LogP contribution in [0.25, 0.3) is 0 Å². The van der Waals surface area contributed by atoms with Gasteiger partial charge in [-0.1, -0.05) is 33.6 Å². The lowest BCUT2D eigenvalue weighted by molar-refractivity contribution is -0.183. The zero-order valence-electron chi connectivity index (χ0n) is 9.79. The highest BCUT2D eigenvalue weighted by Crippen LogP contribution is 2.22. The largest absolute Gasteiger partial charge is 0.373 e. The lowest BCUT2D eigenvalue weighted by Crippen LogP contribution is -2.42. The Morgan fingerprint density at radius 1 is 1.07 bits per heavy atom. The lowest BCUT2D eigenvalue weighted by Gasteiger charge is -2.36. The van der Waals surface area contributed by atoms with Gasteiger partial charge in [-0.05, 0) is 19.3 Å². The van der Waals surface area contributed by atoms with Crippen LogP contribution in [0.3, 0.4) is 0 Å². The molecule has 0 spiro atoms. The summed E-state index contributed by atoms with van der Waals surface area (Å²) in [6.45, 7) is 7.37. The molecular formula is C12H24O2. The minimum Gasteiger partial charge on any atom is -0.373 e. The van der Waals surface area contributed by atoms with Crippen molar-refractivity contribution >= 4 is 0 Å². The van der Waals surface area contributed by atoms with Crippen LogP contribution in [-0.2, 0) is 9.47 Å². The molecule has 0 bridgehead atoms. The molecule has 3 unspecified atom stereocenters. The number of rotatable bonds is 5. The molecule has 0 aliphatic carbocycles. The molecule has 14 heavy (non-hydrogen) atoms. The Hall–Kier alpha value is -0.0800. The van der Waals surface area contributed by atoms with Crippen LogP contribution >= 0.6 is 0 Å². The maximum atomic E-state index is 6.02. The fourth-order valence-electron chi connectivity index (χ4n) is 2.04. The van der Waals surface area contributed by atoms with Gasteiger partial charge in [-0.3, -0.25) is 0 Å². The maximum Gasteiger partial charge on any atom is 0.0838 e. The van der Waals surface area contributed by atoms with E-state index in [1.807, 2.05) is 0 Å². The molecular weight excluding hydrogens is 176 g/mol. The van der Waals surface area contributed by atoms with Crippen molar-refractivity contribution in [3.05, 3.63) is 0 Å². The monoisotopic (exact) mass is 200 g/mol. The first-order chi connectivity index (χ1) is 6.81. The molecule has 0 aromatic carbocycles. The minimum absolute atomic E-state index is 0.329. The zero-order valence-corrected chi connectivity index (χ0v) is 9.79. The van der Waals surface area contributed by atoms with Crippen LogP contribution in [0.4, 0.5) is 0 Å². The van der Waals surface area contributed by atoms with E-state index in [0.717, 1.165) is 25.9 Å². The Morgan fingerprint density at radius 3 is 2.36 bits per heavy atom. The molecule has 2 heteroatoms. The van der Waals surface area contributed by atoms with Gasteiger partial charge in [0, 0.05) is 0 Å². The molecule has 0 amide bonds. The third-order valence-corrected chi connectivity index (χ3v) is 2.96. The Labute approximate surface area is 88.0 Å². The van der Waals surface area contributed by atoms with Gasteiger partial charge in [-0.15, -0.1) is 0 Å². The number of hydrogen-bond donors (Lipinski definition) is 0. The summed E-state index contributed by atoms with van der Waals surface area (Å²) in [5, 5.41) is 0. The summed E-state index contributed by atoms with van der Waals surface area (Å²) in [5.74, 6) is 0. The molecule has 3 atom stereocenters. The van der Waals surface area contributed by atoms with Crippen molar-refractivity contribution < 1.29 is 9.47 Å². The van der Waals surface area contributed by atoms with Gasteiger partial charge in [0.15, 0.2) is 0 Å². The second kappa shape index (κ2) is 6.41. The minimum atomic E-state index is 0.329. The molecule has 1 aliphatic rings. The van der Waals surface area contributed by atoms with Gasteiger partial charge in [0.2, 0.25) is 0 Å². The van der Waals surface area contributed by atoms with Crippen molar-refractivity contribution in [2.45, 2.75) is 71.2 Å². The first-order valence-corrected chi connectivity index (χ1v) is 6.08. The van der Waals surface area contributed by atoms with Crippen LogP contribution in [-0.4, -0.2) is 24.9 Å². The SMILES string of the molecule is CCCCC1COC(CC)C(CC)O1. The topological polar surface area (TPSA) is 18.5 Å². The van der Waals surface area contributed by atoms with Gasteiger partial charge in [0.25, 0.3) is 0 Å². The Kier molecular flexibility index (Phi) is 5.49. The van der Waals surface area contributed by atoms with Crippen molar-refractivity contribution in [2.24, 2.45) is 0 Å². The Bertz CT molecular complexity index is 147. The third-order valence-electron chi connectivity index (χ3n) is 2.96. The molecule has 1 aliphatic heterocycles. The standard InChI is InChI=1S/C12H24O2/c1-4-7-8-10-9-13-11(5-2)12(6-3)14-10/h10-12H,4-9H2,1-3H3. The molecule has 0 N–H and O–H groups in total. The molecule has 0 aromatic rings. The number of unbranched alkanes of at least 4 members (excludes halogenated alkanes) is 1. The molecule has 0 saturated carbocycles. The zero-order chi connectivity index (χ0) is 10.4. The number of ether oxygens (including phenoxy) is 2. The van der Waals surface area contributed by atoms with Gasteiger partial charge in [-0.2, -0.15) is 0 Å². The van der Waals surface area contributed by atoms with E-state index in [1.165, 1.54) is 12.8 Å². The summed E-state index contributed by atoms with van der Waals surface area (Å²) in [6.07, 6.45) is 6.80. The van der Waals surface area contributed by atoms with Crippen LogP contribution in [0.2, 0.25) is 0 Å². The highest BCUT2D eigenvalue weighted by molar-refractivity contribution is 4.76. The average molecular weight is 200 g/mol. The van der Waals surface area contributed by atoms with Crippen molar-refractivity contribution in [1.29, 1.82) is 0 Å². The Morgan fingerprint density at radius 2 is 1.79 bits per heavy atom. The smallest absolute Gasteiger partial charge is 0.0838 e. The fourth-order valence-corrected chi connectivity index (χ4v) is 2.04. The summed E-state index contributed by atoms with van der Waals surface area (Å²) in [7, 11) is 0. The summed E-state index contributed by atoms with van der Waals surface area (Å²) in [5.41, 5.74) is 0. The van der Waals surface area contributed by atoms with Crippen LogP contribution in [0.1, 0.15) is 52.9 Å². The van der Waals surface area contributed by atoms with Gasteiger partial charge in [0.05, 0.1) is 24.9 Å². The Balaban J connectivity index is 2.32. The van der Waals surface area contributed by atoms with E-state index < -0.39 is 0 Å². The first-order valence-electron chi connectivity index (χ1n) is 6.08. The highest BCUT2D eigenvalue weighted by atomic mass is 16.6. The lowest BCUT2D eigenvalue weighted by atomic mass is 10.1. The van der Waals surface area contributed by atoms with Crippen molar-refractivity contribution in [1.82, 2.24) is 0 Å². The van der Waals surface area contributed by atoms with E-state index in [9.17, 15) is 0 Å². The summed E-state index contributed by atoms with van der Waals surface area (Å²) in [4.78, 5) is 0. The first kappa shape index (κ1) is 12.0. The van der Waals surface area contributed by atoms with Gasteiger partial charge < -0.3 is 9.47 Å². The molecule has 1 fully saturated rings. The molecule has 1 saturated heterocycles. The van der Waals surface area contributed by atoms with E-state index >= 15 is 0 Å². The van der Waals surface area contributed by atoms with Gasteiger partial charge >= 0.3 is 0 Å². The molecule has 1 rings (SSSR count). The predicted molar refractivity (Wildman–Crippen MR) is 58.5 cm³/mol. The normalized spacial score (nSPS) is 33.2. The molecule has 1 heterocycles. The summed E-state index contributed by atoms with van der Waals surface area (Å²) >= 11 is 0. The summed E-state index contributed by atoms with van der Waals surface area (Å²) < 4.78 is 11.8. The highest BCUT2D eigenvalue weighted by Gasteiger charge is 2.28. The second-order valence-corrected chi connectivity index (χ2v) is 4.13. The van der Waals surface area contributed by atoms with Crippen LogP contribution < -0.4 is 0 Å². The van der Waals surface area contributed by atoms with Gasteiger partial charge in [0.1, 0.15) is 0 Å². The van der Waals surface area contributed by atoms with E-state index in [0.29, 0.717) is 18.3 Å². The van der Waals surface area contributed by atoms with E-state index in [1.54, 1.807) is 0 Å². The molecule has 84 valence electrons. The molecule has 0 radical (unpaired) electrons. The van der Waals surface area contributed by atoms with Crippen molar-refractivity contribution in [3.8, 4) is 0 Å². The summed E-state index contributed by atoms with van der Waals surface area (Å²) in [6, 6.07) is 0. The van der Waals surface area contributed by atoms with E-state index in [4.69, 9.17) is 9.47 Å². The van der Waals surface area contributed by atoms with Crippen LogP contribution in [0, 0.1) is 0 Å². The van der Waals surface area contributed by atoms with Crippen LogP contribution in [0.5, 0.6) is 0 Å². The second-order valence-electron chi connectivity index (χ2n) is 4.13. The molecule has 2 nitrogen and oxygen atoms in total. The third kappa shape index (κ3) is 3.25. The average Bonchev–Trinajstić information content (AvgIpc) is 2.25. The van der Waals surface area contributed by atoms with Crippen molar-refractivity contribution in [2.75, 3.05) is 6.61 Å². The van der Waals surface area contributed by atoms with Crippen LogP contribution in [0.15, 0.2) is 0 Å². The number of hydrogen-bond acceptors (Lipinski definition) is 2. The maximum absolute atomic E-state index is 6.02. The fraction of sp³-hybridized carbons (Fsp3) is 1.00. The van der Waals surface area contributed by atoms with Gasteiger partial charge in [-0.25, -0.2) is 0 Å². The van der Waals surface area contributed by atoms with Crippen molar-refractivity contribution in [3.63, 3.8) is 0 Å².